The second kappa shape index (κ2) is 13.0. The first-order valence-corrected chi connectivity index (χ1v) is 14.0. The van der Waals surface area contributed by atoms with Crippen LogP contribution in [0.3, 0.4) is 0 Å². The second-order valence-electron chi connectivity index (χ2n) is 8.46. The summed E-state index contributed by atoms with van der Waals surface area (Å²) in [5.74, 6) is -0.224. The number of ether oxygens (including phenoxy) is 5. The predicted octanol–water partition coefficient (Wildman–Crippen LogP) is 3.05. The lowest BCUT2D eigenvalue weighted by Gasteiger charge is -2.23. The van der Waals surface area contributed by atoms with Crippen LogP contribution in [-0.2, 0) is 14.3 Å². The van der Waals surface area contributed by atoms with Crippen LogP contribution in [0.15, 0.2) is 56.4 Å². The molecule has 0 saturated carbocycles. The summed E-state index contributed by atoms with van der Waals surface area (Å²) in [7, 11) is 2.69. The summed E-state index contributed by atoms with van der Waals surface area (Å²) < 4.78 is 29.4. The number of aliphatic carboxylic acids is 1. The number of carbonyl (C=O) groups excluding carboxylic acids is 1. The summed E-state index contributed by atoms with van der Waals surface area (Å²) in [4.78, 5) is 42.4. The maximum absolute atomic E-state index is 13.8. The highest BCUT2D eigenvalue weighted by molar-refractivity contribution is 9.10. The molecule has 216 valence electrons. The number of carboxylic acid groups (broad SMARTS) is 1. The minimum absolute atomic E-state index is 0.183. The van der Waals surface area contributed by atoms with Gasteiger partial charge < -0.3 is 28.8 Å². The molecule has 1 aliphatic rings. The number of carbonyl (C=O) groups is 2. The third-order valence-electron chi connectivity index (χ3n) is 5.90. The number of halogens is 1. The number of carboxylic acids is 1. The van der Waals surface area contributed by atoms with Gasteiger partial charge in [0.05, 0.1) is 48.1 Å². The highest BCUT2D eigenvalue weighted by Gasteiger charge is 2.31. The van der Waals surface area contributed by atoms with Gasteiger partial charge in [0.15, 0.2) is 34.4 Å². The summed E-state index contributed by atoms with van der Waals surface area (Å²) in [6.07, 6.45) is 3.07. The normalized spacial score (nSPS) is 14.4. The van der Waals surface area contributed by atoms with E-state index in [9.17, 15) is 14.4 Å². The van der Waals surface area contributed by atoms with E-state index >= 15 is 0 Å². The fraction of sp³-hybridized carbons (Fsp3) is 0.286. The van der Waals surface area contributed by atoms with Crippen LogP contribution in [0.4, 0.5) is 0 Å². The van der Waals surface area contributed by atoms with Crippen molar-refractivity contribution in [2.24, 2.45) is 4.99 Å². The zero-order valence-electron chi connectivity index (χ0n) is 22.6. The van der Waals surface area contributed by atoms with Gasteiger partial charge in [-0.05, 0) is 71.2 Å². The highest BCUT2D eigenvalue weighted by Crippen LogP contribution is 2.37. The van der Waals surface area contributed by atoms with Crippen molar-refractivity contribution in [1.29, 1.82) is 0 Å². The Morgan fingerprint density at radius 1 is 1.07 bits per heavy atom. The standard InChI is InChI=1S/C28H27BrN2O9S/c1-5-38-19-8-7-16(12-20(19)39-6-2)24-17(27(35)37-4)13-30-28-31(24)26(34)22(41-28)11-15-9-18(29)25(21(10-15)36-3)40-14-23(32)33/h7-13,24H,5-6,14H2,1-4H3,(H,32,33)/b22-11-/t24-/m1/s1. The van der Waals surface area contributed by atoms with Gasteiger partial charge >= 0.3 is 11.9 Å². The van der Waals surface area contributed by atoms with Gasteiger partial charge in [-0.25, -0.2) is 14.6 Å². The van der Waals surface area contributed by atoms with E-state index in [4.69, 9.17) is 28.8 Å². The van der Waals surface area contributed by atoms with E-state index in [0.29, 0.717) is 49.6 Å². The number of methoxy groups -OCH3 is 2. The Morgan fingerprint density at radius 2 is 1.80 bits per heavy atom. The Bertz CT molecular complexity index is 1690. The number of nitrogens with zero attached hydrogens (tertiary/aromatic N) is 2. The quantitative estimate of drug-likeness (QED) is 0.312. The van der Waals surface area contributed by atoms with Gasteiger partial charge in [-0.15, -0.1) is 0 Å². The Labute approximate surface area is 247 Å². The van der Waals surface area contributed by atoms with E-state index in [-0.39, 0.29) is 22.6 Å². The number of rotatable bonds is 11. The minimum atomic E-state index is -1.13. The molecular formula is C28H27BrN2O9S. The zero-order chi connectivity index (χ0) is 29.7. The lowest BCUT2D eigenvalue weighted by atomic mass is 9.97. The Kier molecular flexibility index (Phi) is 9.50. The number of thiazole rings is 1. The first-order chi connectivity index (χ1) is 19.7. The molecule has 0 saturated heterocycles. The van der Waals surface area contributed by atoms with Crippen LogP contribution in [0.5, 0.6) is 23.0 Å². The van der Waals surface area contributed by atoms with Crippen molar-refractivity contribution in [1.82, 2.24) is 4.57 Å². The van der Waals surface area contributed by atoms with E-state index in [1.54, 1.807) is 36.4 Å². The minimum Gasteiger partial charge on any atom is -0.493 e. The number of benzene rings is 2. The first kappa shape index (κ1) is 29.9. The van der Waals surface area contributed by atoms with Crippen LogP contribution < -0.4 is 33.8 Å². The molecule has 41 heavy (non-hydrogen) atoms. The van der Waals surface area contributed by atoms with Crippen molar-refractivity contribution in [3.63, 3.8) is 0 Å². The van der Waals surface area contributed by atoms with Crippen molar-refractivity contribution in [2.45, 2.75) is 19.9 Å². The van der Waals surface area contributed by atoms with Crippen molar-refractivity contribution >= 4 is 45.3 Å². The maximum Gasteiger partial charge on any atom is 0.341 e. The molecule has 0 unspecified atom stereocenters. The zero-order valence-corrected chi connectivity index (χ0v) is 25.0. The van der Waals surface area contributed by atoms with Gasteiger partial charge in [0.1, 0.15) is 0 Å². The topological polar surface area (TPSA) is 135 Å². The molecule has 4 rings (SSSR count). The summed E-state index contributed by atoms with van der Waals surface area (Å²) in [5, 5.41) is 8.96. The Hall–Kier alpha value is -4.10. The van der Waals surface area contributed by atoms with Crippen LogP contribution in [0, 0.1) is 0 Å². The van der Waals surface area contributed by atoms with Gasteiger partial charge in [-0.2, -0.15) is 0 Å². The average Bonchev–Trinajstić information content (AvgIpc) is 3.27. The molecule has 13 heteroatoms. The van der Waals surface area contributed by atoms with Gasteiger partial charge in [-0.3, -0.25) is 9.36 Å². The molecule has 11 nitrogen and oxygen atoms in total. The van der Waals surface area contributed by atoms with Crippen molar-refractivity contribution in [3.8, 4) is 23.0 Å². The van der Waals surface area contributed by atoms with Crippen molar-refractivity contribution in [2.75, 3.05) is 34.0 Å². The summed E-state index contributed by atoms with van der Waals surface area (Å²) in [6.45, 7) is 4.00. The number of hydrogen-bond acceptors (Lipinski definition) is 10. The summed E-state index contributed by atoms with van der Waals surface area (Å²) in [5.41, 5.74) is 1.01. The smallest absolute Gasteiger partial charge is 0.341 e. The van der Waals surface area contributed by atoms with E-state index in [2.05, 4.69) is 20.9 Å². The molecule has 0 bridgehead atoms. The molecule has 3 aromatic rings. The van der Waals surface area contributed by atoms with Crippen LogP contribution in [0.2, 0.25) is 0 Å². The summed E-state index contributed by atoms with van der Waals surface area (Å²) in [6, 6.07) is 7.73. The lowest BCUT2D eigenvalue weighted by molar-refractivity contribution is -0.139. The first-order valence-electron chi connectivity index (χ1n) is 12.4. The van der Waals surface area contributed by atoms with E-state index in [1.165, 1.54) is 25.0 Å². The fourth-order valence-electron chi connectivity index (χ4n) is 4.24. The lowest BCUT2D eigenvalue weighted by Crippen LogP contribution is -2.39. The van der Waals surface area contributed by atoms with E-state index in [1.807, 2.05) is 13.8 Å². The molecule has 1 aliphatic heterocycles. The fourth-order valence-corrected chi connectivity index (χ4v) is 5.78. The van der Waals surface area contributed by atoms with Gasteiger partial charge in [0.25, 0.3) is 5.56 Å². The molecule has 1 N–H and O–H groups in total. The molecule has 0 radical (unpaired) electrons. The predicted molar refractivity (Wildman–Crippen MR) is 154 cm³/mol. The Balaban J connectivity index is 1.86. The van der Waals surface area contributed by atoms with Gasteiger partial charge in [0.2, 0.25) is 0 Å². The van der Waals surface area contributed by atoms with Crippen LogP contribution in [0.25, 0.3) is 6.08 Å². The third kappa shape index (κ3) is 6.30. The van der Waals surface area contributed by atoms with E-state index in [0.717, 1.165) is 11.3 Å². The van der Waals surface area contributed by atoms with Gasteiger partial charge in [-0.1, -0.05) is 17.4 Å². The molecule has 0 fully saturated rings. The highest BCUT2D eigenvalue weighted by atomic mass is 79.9. The molecule has 2 aromatic carbocycles. The Morgan fingerprint density at radius 3 is 2.46 bits per heavy atom. The molecule has 1 atom stereocenters. The van der Waals surface area contributed by atoms with Gasteiger partial charge in [0, 0.05) is 6.20 Å². The molecular weight excluding hydrogens is 620 g/mol. The van der Waals surface area contributed by atoms with Crippen LogP contribution in [-0.4, -0.2) is 55.7 Å². The largest absolute Gasteiger partial charge is 0.493 e. The number of esters is 1. The third-order valence-corrected chi connectivity index (χ3v) is 7.48. The number of hydrogen-bond donors (Lipinski definition) is 1. The average molecular weight is 648 g/mol. The molecule has 0 spiro atoms. The molecule has 0 amide bonds. The SMILES string of the molecule is CCOc1ccc([C@@H]2C(C(=O)OC)=CN=c3s/c(=C\c4cc(Br)c(OCC(=O)O)c(OC)c4)c(=O)n32)cc1OCC. The van der Waals surface area contributed by atoms with Crippen molar-refractivity contribution < 1.29 is 38.4 Å². The number of aromatic nitrogens is 1. The summed E-state index contributed by atoms with van der Waals surface area (Å²) >= 11 is 4.54. The molecule has 2 heterocycles. The maximum atomic E-state index is 13.8. The molecule has 1 aromatic heterocycles. The number of fused-ring (bicyclic) bond motifs is 1. The second-order valence-corrected chi connectivity index (χ2v) is 10.3. The monoisotopic (exact) mass is 646 g/mol. The van der Waals surface area contributed by atoms with Crippen molar-refractivity contribution in [3.05, 3.63) is 77.4 Å². The molecule has 0 aliphatic carbocycles. The van der Waals surface area contributed by atoms with E-state index < -0.39 is 24.6 Å². The van der Waals surface area contributed by atoms with Crippen LogP contribution >= 0.6 is 27.3 Å². The van der Waals surface area contributed by atoms with Crippen LogP contribution in [0.1, 0.15) is 31.0 Å².